The van der Waals surface area contributed by atoms with Crippen LogP contribution in [0.5, 0.6) is 0 Å². The first kappa shape index (κ1) is 13.6. The Labute approximate surface area is 109 Å². The van der Waals surface area contributed by atoms with Crippen LogP contribution in [-0.2, 0) is 0 Å². The van der Waals surface area contributed by atoms with E-state index in [0.717, 1.165) is 32.5 Å². The van der Waals surface area contributed by atoms with Crippen LogP contribution in [0.1, 0.15) is 39.0 Å². The van der Waals surface area contributed by atoms with E-state index >= 15 is 0 Å². The molecule has 1 aliphatic carbocycles. The van der Waals surface area contributed by atoms with Gasteiger partial charge in [-0.25, -0.2) is 0 Å². The smallest absolute Gasteiger partial charge is 0.139 e. The normalized spacial score (nSPS) is 27.1. The van der Waals surface area contributed by atoms with Crippen molar-refractivity contribution in [3.8, 4) is 0 Å². The van der Waals surface area contributed by atoms with E-state index in [1.165, 1.54) is 12.8 Å². The first-order valence-electron chi connectivity index (χ1n) is 6.91. The Bertz CT molecular complexity index is 305. The van der Waals surface area contributed by atoms with Crippen molar-refractivity contribution in [2.45, 2.75) is 45.1 Å². The first-order valence-corrected chi connectivity index (χ1v) is 6.91. The number of aliphatic hydroxyl groups is 1. The molecule has 5 nitrogen and oxygen atoms in total. The number of hydrogen-bond donors (Lipinski definition) is 3. The van der Waals surface area contributed by atoms with Gasteiger partial charge in [-0.2, -0.15) is 0 Å². The van der Waals surface area contributed by atoms with Gasteiger partial charge in [-0.3, -0.25) is 0 Å². The summed E-state index contributed by atoms with van der Waals surface area (Å²) >= 11 is 0. The van der Waals surface area contributed by atoms with E-state index in [9.17, 15) is 5.11 Å². The lowest BCUT2D eigenvalue weighted by molar-refractivity contribution is 0.0650. The molecule has 2 aliphatic rings. The van der Waals surface area contributed by atoms with Gasteiger partial charge in [0.2, 0.25) is 0 Å². The summed E-state index contributed by atoms with van der Waals surface area (Å²) in [6, 6.07) is 0. The van der Waals surface area contributed by atoms with Gasteiger partial charge < -0.3 is 20.9 Å². The number of aliphatic hydroxyl groups excluding tert-OH is 1. The van der Waals surface area contributed by atoms with E-state index in [2.05, 4.69) is 10.1 Å². The second kappa shape index (κ2) is 5.45. The van der Waals surface area contributed by atoms with Gasteiger partial charge in [-0.1, -0.05) is 5.16 Å². The van der Waals surface area contributed by atoms with Crippen molar-refractivity contribution >= 4 is 5.84 Å². The van der Waals surface area contributed by atoms with Crippen LogP contribution in [0.3, 0.4) is 0 Å². The fourth-order valence-electron chi connectivity index (χ4n) is 3.05. The van der Waals surface area contributed by atoms with E-state index in [0.29, 0.717) is 18.2 Å². The fourth-order valence-corrected chi connectivity index (χ4v) is 3.05. The number of nitrogens with two attached hydrogens (primary N) is 1. The predicted octanol–water partition coefficient (Wildman–Crippen LogP) is 0.996. The van der Waals surface area contributed by atoms with Crippen LogP contribution in [0.2, 0.25) is 0 Å². The highest BCUT2D eigenvalue weighted by atomic mass is 16.4. The van der Waals surface area contributed by atoms with Gasteiger partial charge in [0.05, 0.1) is 6.10 Å². The van der Waals surface area contributed by atoms with Gasteiger partial charge in [0.1, 0.15) is 5.84 Å². The Morgan fingerprint density at radius 3 is 2.50 bits per heavy atom. The van der Waals surface area contributed by atoms with Crippen molar-refractivity contribution in [1.82, 2.24) is 4.90 Å². The Hall–Kier alpha value is -0.810. The molecule has 2 fully saturated rings. The molecule has 4 N–H and O–H groups in total. The SMILES string of the molecule is CC(O)C1CCN(CC2(CC(N)=NO)CC2)CC1. The molecule has 104 valence electrons. The predicted molar refractivity (Wildman–Crippen MR) is 70.5 cm³/mol. The molecule has 1 saturated carbocycles. The second-order valence-electron chi connectivity index (χ2n) is 6.12. The largest absolute Gasteiger partial charge is 0.409 e. The Morgan fingerprint density at radius 2 is 2.06 bits per heavy atom. The highest BCUT2D eigenvalue weighted by Crippen LogP contribution is 2.49. The summed E-state index contributed by atoms with van der Waals surface area (Å²) in [6.07, 6.45) is 5.05. The van der Waals surface area contributed by atoms with Crippen LogP contribution >= 0.6 is 0 Å². The molecule has 0 aromatic rings. The van der Waals surface area contributed by atoms with E-state index < -0.39 is 0 Å². The number of nitrogens with zero attached hydrogens (tertiary/aromatic N) is 2. The summed E-state index contributed by atoms with van der Waals surface area (Å²) in [4.78, 5) is 2.47. The number of rotatable bonds is 5. The van der Waals surface area contributed by atoms with Gasteiger partial charge in [-0.15, -0.1) is 0 Å². The minimum atomic E-state index is -0.181. The van der Waals surface area contributed by atoms with Crippen molar-refractivity contribution in [1.29, 1.82) is 0 Å². The summed E-state index contributed by atoms with van der Waals surface area (Å²) in [5, 5.41) is 21.3. The third-order valence-electron chi connectivity index (χ3n) is 4.52. The van der Waals surface area contributed by atoms with Crippen molar-refractivity contribution in [3.05, 3.63) is 0 Å². The van der Waals surface area contributed by atoms with Crippen LogP contribution in [0.15, 0.2) is 5.16 Å². The number of amidine groups is 1. The van der Waals surface area contributed by atoms with Crippen LogP contribution < -0.4 is 5.73 Å². The fraction of sp³-hybridized carbons (Fsp3) is 0.923. The summed E-state index contributed by atoms with van der Waals surface area (Å²) in [5.41, 5.74) is 5.87. The number of oxime groups is 1. The average Bonchev–Trinajstić information content (AvgIpc) is 3.09. The Balaban J connectivity index is 1.78. The summed E-state index contributed by atoms with van der Waals surface area (Å²) in [6.45, 7) is 5.07. The lowest BCUT2D eigenvalue weighted by Gasteiger charge is -2.35. The third-order valence-corrected chi connectivity index (χ3v) is 4.52. The zero-order valence-corrected chi connectivity index (χ0v) is 11.2. The van der Waals surface area contributed by atoms with Crippen LogP contribution in [0.4, 0.5) is 0 Å². The van der Waals surface area contributed by atoms with Gasteiger partial charge >= 0.3 is 0 Å². The van der Waals surface area contributed by atoms with E-state index in [4.69, 9.17) is 10.9 Å². The molecule has 2 rings (SSSR count). The van der Waals surface area contributed by atoms with Crippen LogP contribution in [-0.4, -0.2) is 46.8 Å². The van der Waals surface area contributed by atoms with E-state index in [1.807, 2.05) is 6.92 Å². The maximum absolute atomic E-state index is 9.58. The van der Waals surface area contributed by atoms with Gasteiger partial charge in [-0.05, 0) is 57.0 Å². The van der Waals surface area contributed by atoms with Crippen LogP contribution in [0, 0.1) is 11.3 Å². The van der Waals surface area contributed by atoms with Crippen molar-refractivity contribution < 1.29 is 10.3 Å². The maximum Gasteiger partial charge on any atom is 0.139 e. The van der Waals surface area contributed by atoms with Gasteiger partial charge in [0, 0.05) is 13.0 Å². The highest BCUT2D eigenvalue weighted by Gasteiger charge is 2.44. The lowest BCUT2D eigenvalue weighted by Crippen LogP contribution is -2.40. The number of likely N-dealkylation sites (tertiary alicyclic amines) is 1. The molecule has 5 heteroatoms. The summed E-state index contributed by atoms with van der Waals surface area (Å²) in [7, 11) is 0. The Kier molecular flexibility index (Phi) is 4.12. The maximum atomic E-state index is 9.58. The molecule has 1 saturated heterocycles. The molecule has 0 bridgehead atoms. The quantitative estimate of drug-likeness (QED) is 0.296. The molecule has 1 aliphatic heterocycles. The third kappa shape index (κ3) is 3.36. The van der Waals surface area contributed by atoms with E-state index in [-0.39, 0.29) is 11.5 Å². The van der Waals surface area contributed by atoms with Crippen molar-refractivity contribution in [2.75, 3.05) is 19.6 Å². The summed E-state index contributed by atoms with van der Waals surface area (Å²) in [5.74, 6) is 0.812. The minimum Gasteiger partial charge on any atom is -0.409 e. The van der Waals surface area contributed by atoms with Crippen molar-refractivity contribution in [3.63, 3.8) is 0 Å². The zero-order chi connectivity index (χ0) is 13.2. The van der Waals surface area contributed by atoms with E-state index in [1.54, 1.807) is 0 Å². The molecule has 1 unspecified atom stereocenters. The number of piperidine rings is 1. The molecular formula is C13H25N3O2. The zero-order valence-electron chi connectivity index (χ0n) is 11.2. The molecule has 0 radical (unpaired) electrons. The molecule has 0 spiro atoms. The second-order valence-corrected chi connectivity index (χ2v) is 6.12. The highest BCUT2D eigenvalue weighted by molar-refractivity contribution is 5.80. The van der Waals surface area contributed by atoms with Gasteiger partial charge in [0.25, 0.3) is 0 Å². The number of hydrogen-bond acceptors (Lipinski definition) is 4. The molecule has 1 atom stereocenters. The summed E-state index contributed by atoms with van der Waals surface area (Å²) < 4.78 is 0. The van der Waals surface area contributed by atoms with Crippen molar-refractivity contribution in [2.24, 2.45) is 22.2 Å². The van der Waals surface area contributed by atoms with Gasteiger partial charge in [0.15, 0.2) is 0 Å². The topological polar surface area (TPSA) is 82.1 Å². The molecule has 0 amide bonds. The molecule has 1 heterocycles. The molecule has 0 aromatic heterocycles. The Morgan fingerprint density at radius 1 is 1.44 bits per heavy atom. The monoisotopic (exact) mass is 255 g/mol. The molecule has 18 heavy (non-hydrogen) atoms. The molecular weight excluding hydrogens is 230 g/mol. The average molecular weight is 255 g/mol. The lowest BCUT2D eigenvalue weighted by atomic mass is 9.91. The first-order chi connectivity index (χ1) is 8.54. The minimum absolute atomic E-state index is 0.181. The van der Waals surface area contributed by atoms with Crippen LogP contribution in [0.25, 0.3) is 0 Å². The molecule has 0 aromatic carbocycles. The standard InChI is InChI=1S/C13H25N3O2/c1-10(17)11-2-6-16(7-3-11)9-13(4-5-13)8-12(14)15-18/h10-11,17-18H,2-9H2,1H3,(H2,14,15).